The zero-order chi connectivity index (χ0) is 15.5. The number of para-hydroxylation sites is 1. The van der Waals surface area contributed by atoms with Gasteiger partial charge in [0.2, 0.25) is 0 Å². The fraction of sp³-hybridized carbons (Fsp3) is 0.375. The van der Waals surface area contributed by atoms with Gasteiger partial charge in [-0.15, -0.1) is 0 Å². The Hall–Kier alpha value is -1.79. The van der Waals surface area contributed by atoms with Crippen LogP contribution in [0.1, 0.15) is 16.8 Å². The lowest BCUT2D eigenvalue weighted by molar-refractivity contribution is 0.237. The van der Waals surface area contributed by atoms with Crippen LogP contribution in [-0.4, -0.2) is 34.8 Å². The summed E-state index contributed by atoms with van der Waals surface area (Å²) >= 11 is 1.47. The highest BCUT2D eigenvalue weighted by atomic mass is 32.2. The average Bonchev–Trinajstić information content (AvgIpc) is 2.55. The van der Waals surface area contributed by atoms with E-state index in [4.69, 9.17) is 4.74 Å². The number of methoxy groups -OCH3 is 1. The first kappa shape index (κ1) is 15.1. The molecule has 0 unspecified atom stereocenters. The van der Waals surface area contributed by atoms with E-state index in [0.717, 1.165) is 42.1 Å². The number of rotatable bonds is 4. The van der Waals surface area contributed by atoms with Gasteiger partial charge >= 0.3 is 0 Å². The molecule has 0 radical (unpaired) electrons. The number of aromatic amines is 1. The first-order valence-electron chi connectivity index (χ1n) is 7.21. The molecule has 0 fully saturated rings. The number of H-pyrrole nitrogens is 1. The maximum absolute atomic E-state index is 12.2. The van der Waals surface area contributed by atoms with Crippen molar-refractivity contribution in [2.75, 3.05) is 19.9 Å². The van der Waals surface area contributed by atoms with Crippen molar-refractivity contribution >= 4 is 11.8 Å². The Morgan fingerprint density at radius 1 is 1.41 bits per heavy atom. The van der Waals surface area contributed by atoms with Gasteiger partial charge in [-0.05, 0) is 12.3 Å². The summed E-state index contributed by atoms with van der Waals surface area (Å²) in [5.41, 5.74) is 2.85. The van der Waals surface area contributed by atoms with Crippen LogP contribution in [-0.2, 0) is 19.5 Å². The number of benzene rings is 1. The van der Waals surface area contributed by atoms with Crippen LogP contribution in [0.15, 0.2) is 34.2 Å². The second-order valence-electron chi connectivity index (χ2n) is 5.27. The van der Waals surface area contributed by atoms with Gasteiger partial charge in [0.05, 0.1) is 18.4 Å². The molecule has 1 aromatic carbocycles. The van der Waals surface area contributed by atoms with E-state index in [-0.39, 0.29) is 5.56 Å². The second kappa shape index (κ2) is 6.54. The summed E-state index contributed by atoms with van der Waals surface area (Å²) in [5.74, 6) is 0.887. The van der Waals surface area contributed by atoms with E-state index >= 15 is 0 Å². The predicted molar refractivity (Wildman–Crippen MR) is 87.5 cm³/mol. The van der Waals surface area contributed by atoms with Crippen LogP contribution in [0.25, 0.3) is 0 Å². The van der Waals surface area contributed by atoms with Gasteiger partial charge < -0.3 is 9.72 Å². The van der Waals surface area contributed by atoms with E-state index in [1.54, 1.807) is 7.11 Å². The Labute approximate surface area is 133 Å². The molecule has 0 bridgehead atoms. The van der Waals surface area contributed by atoms with Crippen LogP contribution in [0.2, 0.25) is 0 Å². The molecular weight excluding hydrogens is 298 g/mol. The summed E-state index contributed by atoms with van der Waals surface area (Å²) in [6.07, 6.45) is 2.73. The van der Waals surface area contributed by atoms with Gasteiger partial charge in [-0.25, -0.2) is 4.98 Å². The number of thioether (sulfide) groups is 1. The fourth-order valence-electron chi connectivity index (χ4n) is 2.76. The molecule has 0 amide bonds. The van der Waals surface area contributed by atoms with E-state index in [2.05, 4.69) is 20.9 Å². The third kappa shape index (κ3) is 3.03. The van der Waals surface area contributed by atoms with E-state index < -0.39 is 0 Å². The smallest absolute Gasteiger partial charge is 0.256 e. The lowest BCUT2D eigenvalue weighted by atomic mass is 10.1. The summed E-state index contributed by atoms with van der Waals surface area (Å²) in [5, 5.41) is 0.696. The fourth-order valence-corrected chi connectivity index (χ4v) is 3.16. The van der Waals surface area contributed by atoms with Crippen LogP contribution < -0.4 is 10.3 Å². The normalized spacial score (nSPS) is 14.6. The summed E-state index contributed by atoms with van der Waals surface area (Å²) in [6, 6.07) is 8.00. The molecule has 0 aliphatic carbocycles. The number of hydrogen-bond acceptors (Lipinski definition) is 5. The topological polar surface area (TPSA) is 58.2 Å². The second-order valence-corrected chi connectivity index (χ2v) is 6.07. The largest absolute Gasteiger partial charge is 0.496 e. The van der Waals surface area contributed by atoms with Gasteiger partial charge in [-0.2, -0.15) is 0 Å². The van der Waals surface area contributed by atoms with Crippen molar-refractivity contribution in [1.82, 2.24) is 14.9 Å². The minimum atomic E-state index is -0.0147. The molecule has 1 aliphatic heterocycles. The molecule has 6 heteroatoms. The van der Waals surface area contributed by atoms with Gasteiger partial charge in [0.1, 0.15) is 5.75 Å². The molecule has 1 aromatic heterocycles. The number of aromatic nitrogens is 2. The highest BCUT2D eigenvalue weighted by Crippen LogP contribution is 2.23. The lowest BCUT2D eigenvalue weighted by Gasteiger charge is -2.28. The first-order valence-corrected chi connectivity index (χ1v) is 8.44. The summed E-state index contributed by atoms with van der Waals surface area (Å²) < 4.78 is 5.40. The van der Waals surface area contributed by atoms with Crippen molar-refractivity contribution in [3.63, 3.8) is 0 Å². The number of ether oxygens (including phenoxy) is 1. The van der Waals surface area contributed by atoms with E-state index in [9.17, 15) is 4.79 Å². The number of nitrogens with zero attached hydrogens (tertiary/aromatic N) is 2. The minimum absolute atomic E-state index is 0.0147. The van der Waals surface area contributed by atoms with Crippen LogP contribution in [0, 0.1) is 0 Å². The molecule has 1 aliphatic rings. The third-order valence-corrected chi connectivity index (χ3v) is 4.49. The van der Waals surface area contributed by atoms with Crippen molar-refractivity contribution in [3.05, 3.63) is 51.4 Å². The van der Waals surface area contributed by atoms with Crippen molar-refractivity contribution < 1.29 is 4.74 Å². The van der Waals surface area contributed by atoms with Crippen molar-refractivity contribution in [2.24, 2.45) is 0 Å². The number of nitrogens with one attached hydrogen (secondary N) is 1. The molecule has 116 valence electrons. The summed E-state index contributed by atoms with van der Waals surface area (Å²) in [7, 11) is 1.68. The van der Waals surface area contributed by atoms with Crippen molar-refractivity contribution in [2.45, 2.75) is 24.7 Å². The Kier molecular flexibility index (Phi) is 4.49. The maximum atomic E-state index is 12.2. The molecule has 0 spiro atoms. The van der Waals surface area contributed by atoms with Crippen LogP contribution in [0.4, 0.5) is 0 Å². The summed E-state index contributed by atoms with van der Waals surface area (Å²) in [6.45, 7) is 2.30. The first-order chi connectivity index (χ1) is 10.7. The zero-order valence-electron chi connectivity index (χ0n) is 12.8. The highest BCUT2D eigenvalue weighted by molar-refractivity contribution is 7.98. The van der Waals surface area contributed by atoms with Gasteiger partial charge in [0, 0.05) is 31.6 Å². The Morgan fingerprint density at radius 3 is 3.00 bits per heavy atom. The van der Waals surface area contributed by atoms with Gasteiger partial charge in [0.25, 0.3) is 5.56 Å². The molecule has 0 saturated heterocycles. The lowest BCUT2D eigenvalue weighted by Crippen LogP contribution is -2.35. The molecule has 1 N–H and O–H groups in total. The van der Waals surface area contributed by atoms with E-state index in [1.807, 2.05) is 24.5 Å². The molecule has 2 aromatic rings. The standard InChI is InChI=1S/C16H19N3O2S/c1-21-14-6-4-3-5-11(14)9-19-8-7-13-12(10-19)15(20)18-16(17-13)22-2/h3-6H,7-10H2,1-2H3,(H,17,18,20). The van der Waals surface area contributed by atoms with Gasteiger partial charge in [-0.1, -0.05) is 30.0 Å². The minimum Gasteiger partial charge on any atom is -0.496 e. The van der Waals surface area contributed by atoms with Crippen LogP contribution in [0.5, 0.6) is 5.75 Å². The van der Waals surface area contributed by atoms with E-state index in [1.165, 1.54) is 11.8 Å². The van der Waals surface area contributed by atoms with Gasteiger partial charge in [-0.3, -0.25) is 9.69 Å². The molecule has 3 rings (SSSR count). The third-order valence-electron chi connectivity index (χ3n) is 3.91. The summed E-state index contributed by atoms with van der Waals surface area (Å²) in [4.78, 5) is 21.8. The number of hydrogen-bond donors (Lipinski definition) is 1. The quantitative estimate of drug-likeness (QED) is 0.691. The monoisotopic (exact) mass is 317 g/mol. The van der Waals surface area contributed by atoms with E-state index in [0.29, 0.717) is 11.7 Å². The van der Waals surface area contributed by atoms with Gasteiger partial charge in [0.15, 0.2) is 5.16 Å². The van der Waals surface area contributed by atoms with Crippen molar-refractivity contribution in [1.29, 1.82) is 0 Å². The molecule has 5 nitrogen and oxygen atoms in total. The molecule has 2 heterocycles. The van der Waals surface area contributed by atoms with Crippen LogP contribution >= 0.6 is 11.8 Å². The highest BCUT2D eigenvalue weighted by Gasteiger charge is 2.21. The maximum Gasteiger partial charge on any atom is 0.256 e. The molecule has 0 saturated carbocycles. The Morgan fingerprint density at radius 2 is 2.23 bits per heavy atom. The SMILES string of the molecule is COc1ccccc1CN1CCc2nc(SC)[nH]c(=O)c2C1. The van der Waals surface area contributed by atoms with Crippen molar-refractivity contribution in [3.8, 4) is 5.75 Å². The molecular formula is C16H19N3O2S. The average molecular weight is 317 g/mol. The predicted octanol–water partition coefficient (Wildman–Crippen LogP) is 2.06. The zero-order valence-corrected chi connectivity index (χ0v) is 13.6. The molecule has 22 heavy (non-hydrogen) atoms. The Bertz CT molecular complexity index is 730. The number of fused-ring (bicyclic) bond motifs is 1. The van der Waals surface area contributed by atoms with Crippen LogP contribution in [0.3, 0.4) is 0 Å². The molecule has 0 atom stereocenters. The Balaban J connectivity index is 1.81.